The number of nitrogens with one attached hydrogen (secondary N) is 1. The molecule has 11 nitrogen and oxygen atoms in total. The molecule has 7 aromatic carbocycles. The first-order valence-corrected chi connectivity index (χ1v) is 32.1. The number of thiocarbonyl (C=S) groups is 3. The van der Waals surface area contributed by atoms with Crippen LogP contribution in [0.4, 0.5) is 11.4 Å². The molecule has 0 aromatic heterocycles. The third kappa shape index (κ3) is 14.3. The molecule has 0 saturated carbocycles. The molecule has 4 bridgehead atoms. The van der Waals surface area contributed by atoms with E-state index in [1.54, 1.807) is 26.4 Å². The van der Waals surface area contributed by atoms with Gasteiger partial charge in [0, 0.05) is 61.9 Å². The van der Waals surface area contributed by atoms with Crippen molar-refractivity contribution >= 4 is 74.6 Å². The van der Waals surface area contributed by atoms with E-state index in [-0.39, 0.29) is 42.8 Å². The highest BCUT2D eigenvalue weighted by Crippen LogP contribution is 2.54. The number of piperidine rings is 6. The summed E-state index contributed by atoms with van der Waals surface area (Å²) < 4.78 is 35.9. The molecule has 6 saturated heterocycles. The lowest BCUT2D eigenvalue weighted by Gasteiger charge is -2.56. The Morgan fingerprint density at radius 2 is 1.06 bits per heavy atom. The lowest BCUT2D eigenvalue weighted by Crippen LogP contribution is -2.64. The Hall–Kier alpha value is -7.14. The SMILES string of the molecule is C.C.C=CC1CN2CCC1C[C@H]2[C@H](O)C1(c2ccccc2)CCNc2ccc(OC)cc21.C=CC1CN2CCC1C[C@H]2[C@H](OC(=S)Oc1ccccc1)[C@]1(c2ccccc2)CCN(C(=S)Oc2ccccc2)c2ccc(OC)cc21.S=C(Cl)Oc1ccccc1. The van der Waals surface area contributed by atoms with Gasteiger partial charge in [0.2, 0.25) is 0 Å². The average Bonchev–Trinajstić information content (AvgIpc) is 0.728. The van der Waals surface area contributed by atoms with Crippen LogP contribution >= 0.6 is 48.3 Å². The van der Waals surface area contributed by atoms with Crippen molar-refractivity contribution in [3.63, 3.8) is 0 Å². The largest absolute Gasteiger partial charge is 0.497 e. The van der Waals surface area contributed by atoms with E-state index >= 15 is 0 Å². The minimum absolute atomic E-state index is 0. The van der Waals surface area contributed by atoms with Gasteiger partial charge in [-0.15, -0.1) is 13.2 Å². The number of ether oxygens (including phenoxy) is 6. The molecule has 90 heavy (non-hydrogen) atoms. The van der Waals surface area contributed by atoms with Gasteiger partial charge in [-0.3, -0.25) is 9.80 Å². The van der Waals surface area contributed by atoms with Crippen molar-refractivity contribution in [2.45, 2.75) is 88.5 Å². The maximum Gasteiger partial charge on any atom is 0.358 e. The molecule has 2 N–H and O–H groups in total. The van der Waals surface area contributed by atoms with Crippen LogP contribution in [0.1, 0.15) is 75.6 Å². The molecule has 0 amide bonds. The Morgan fingerprint density at radius 3 is 1.56 bits per heavy atom. The summed E-state index contributed by atoms with van der Waals surface area (Å²) in [5.74, 6) is 5.77. The lowest BCUT2D eigenvalue weighted by atomic mass is 9.61. The standard InChI is InChI=1S/C40H40N2O4S2.C26H32N2O2.C7H5ClOS.2CH4/c1-3-28-27-41-23-21-29(28)25-36(41)37(46-39(48)45-32-17-11-6-12-18-32)40(30-13-7-4-8-14-30)22-24-42(35-20-19-33(43-2)26-34(35)40)38(47)44-31-15-9-5-10-16-31;1-3-18-17-28-14-11-19(18)15-24(28)25(29)26(20-7-5-4-6-8-20)12-13-27-23-10-9-21(30-2)16-22(23)26;8-7(10)9-6-4-2-1-3-5-6;;/h3-20,26,28-29,36-37H,1,21-25,27H2,2H3;3-10,16,18-19,24-25,27,29H,1,11-15,17H2,2H3;1-5H;2*1H4/t28?,29?,36-,37-,40-;18?,19?,24-,25-,26?;;;/m00.../s1. The number of para-hydroxylation sites is 3. The van der Waals surface area contributed by atoms with Gasteiger partial charge in [-0.1, -0.05) is 142 Å². The summed E-state index contributed by atoms with van der Waals surface area (Å²) in [5.41, 5.74) is 5.49. The van der Waals surface area contributed by atoms with E-state index in [1.807, 2.05) is 91.0 Å². The van der Waals surface area contributed by atoms with Gasteiger partial charge in [-0.05, 0) is 206 Å². The number of nitrogens with zero attached hydrogens (tertiary/aromatic N) is 3. The number of rotatable bonds is 14. The van der Waals surface area contributed by atoms with E-state index in [1.165, 1.54) is 12.0 Å². The molecule has 8 heterocycles. The van der Waals surface area contributed by atoms with Crippen molar-refractivity contribution in [3.05, 3.63) is 236 Å². The van der Waals surface area contributed by atoms with Crippen molar-refractivity contribution in [1.82, 2.24) is 9.80 Å². The van der Waals surface area contributed by atoms with E-state index < -0.39 is 16.9 Å². The van der Waals surface area contributed by atoms with Gasteiger partial charge in [-0.25, -0.2) is 0 Å². The van der Waals surface area contributed by atoms with Crippen LogP contribution in [0.3, 0.4) is 0 Å². The van der Waals surface area contributed by atoms with Crippen LogP contribution in [0.2, 0.25) is 0 Å². The number of hydrogen-bond donors (Lipinski definition) is 2. The third-order valence-electron chi connectivity index (χ3n) is 19.1. The molecule has 7 aromatic rings. The zero-order chi connectivity index (χ0) is 61.2. The summed E-state index contributed by atoms with van der Waals surface area (Å²) in [6.45, 7) is 13.7. The minimum atomic E-state index is -0.639. The summed E-state index contributed by atoms with van der Waals surface area (Å²) in [6.07, 6.45) is 9.30. The van der Waals surface area contributed by atoms with Gasteiger partial charge >= 0.3 is 5.24 Å². The molecular formula is C75H85ClN4O7S3. The third-order valence-corrected chi connectivity index (χ3v) is 19.8. The molecular weight excluding hydrogens is 1200 g/mol. The molecule has 0 radical (unpaired) electrons. The molecule has 8 aliphatic rings. The van der Waals surface area contributed by atoms with Crippen molar-refractivity contribution in [1.29, 1.82) is 0 Å². The second-order valence-corrected chi connectivity index (χ2v) is 25.1. The van der Waals surface area contributed by atoms with Crippen LogP contribution < -0.4 is 33.9 Å². The summed E-state index contributed by atoms with van der Waals surface area (Å²) in [4.78, 5) is 7.20. The molecule has 472 valence electrons. The maximum atomic E-state index is 12.2. The number of aliphatic hydroxyl groups is 1. The van der Waals surface area contributed by atoms with Crippen LogP contribution in [0, 0.1) is 23.7 Å². The molecule has 7 unspecified atom stereocenters. The molecule has 6 fully saturated rings. The zero-order valence-electron chi connectivity index (χ0n) is 49.9. The Morgan fingerprint density at radius 1 is 0.578 bits per heavy atom. The van der Waals surface area contributed by atoms with Gasteiger partial charge in [0.25, 0.3) is 9.68 Å². The first-order valence-electron chi connectivity index (χ1n) is 30.5. The Balaban J connectivity index is 0.000000194. The highest BCUT2D eigenvalue weighted by molar-refractivity contribution is 7.82. The van der Waals surface area contributed by atoms with Gasteiger partial charge in [0.05, 0.1) is 31.2 Å². The number of aliphatic hydroxyl groups excluding tert-OH is 1. The molecule has 0 spiro atoms. The zero-order valence-corrected chi connectivity index (χ0v) is 53.1. The van der Waals surface area contributed by atoms with Crippen LogP contribution in [-0.2, 0) is 15.6 Å². The van der Waals surface area contributed by atoms with E-state index in [9.17, 15) is 5.11 Å². The minimum Gasteiger partial charge on any atom is -0.497 e. The predicted octanol–water partition coefficient (Wildman–Crippen LogP) is 16.1. The Labute approximate surface area is 554 Å². The smallest absolute Gasteiger partial charge is 0.358 e. The molecule has 8 aliphatic heterocycles. The molecule has 0 aliphatic carbocycles. The number of halogens is 1. The molecule has 15 heteroatoms. The van der Waals surface area contributed by atoms with Gasteiger partial charge in [-0.2, -0.15) is 0 Å². The molecule has 15 rings (SSSR count). The number of benzene rings is 7. The second kappa shape index (κ2) is 30.8. The van der Waals surface area contributed by atoms with Crippen LogP contribution in [0.25, 0.3) is 0 Å². The normalized spacial score (nSPS) is 25.4. The monoisotopic (exact) mass is 1280 g/mol. The van der Waals surface area contributed by atoms with Crippen LogP contribution in [0.5, 0.6) is 28.7 Å². The summed E-state index contributed by atoms with van der Waals surface area (Å²) in [5, 5.41) is 16.2. The first kappa shape index (κ1) is 67.3. The fourth-order valence-corrected chi connectivity index (χ4v) is 15.5. The van der Waals surface area contributed by atoms with Crippen LogP contribution in [-0.4, -0.2) is 108 Å². The van der Waals surface area contributed by atoms with Crippen molar-refractivity contribution in [2.24, 2.45) is 23.7 Å². The highest BCUT2D eigenvalue weighted by Gasteiger charge is 2.57. The first-order chi connectivity index (χ1) is 43.0. The van der Waals surface area contributed by atoms with Gasteiger partial charge < -0.3 is 43.7 Å². The lowest BCUT2D eigenvalue weighted by molar-refractivity contribution is -0.0669. The summed E-state index contributed by atoms with van der Waals surface area (Å²) in [7, 11) is 3.41. The average molecular weight is 1290 g/mol. The highest BCUT2D eigenvalue weighted by atomic mass is 35.5. The quantitative estimate of drug-likeness (QED) is 0.0614. The molecule has 12 atom stereocenters. The van der Waals surface area contributed by atoms with E-state index in [0.717, 1.165) is 98.0 Å². The summed E-state index contributed by atoms with van der Waals surface area (Å²) >= 11 is 21.7. The van der Waals surface area contributed by atoms with E-state index in [0.29, 0.717) is 59.1 Å². The fraction of sp³-hybridized carbons (Fsp3) is 0.347. The van der Waals surface area contributed by atoms with Crippen molar-refractivity contribution in [2.75, 3.05) is 63.7 Å². The Bertz CT molecular complexity index is 3520. The Kier molecular flexibility index (Phi) is 23.0. The summed E-state index contributed by atoms with van der Waals surface area (Å²) in [6, 6.07) is 62.4. The topological polar surface area (TPSA) is 97.4 Å². The number of methoxy groups -OCH3 is 2. The number of hydrogen-bond acceptors (Lipinski definition) is 13. The number of anilines is 2. The predicted molar refractivity (Wildman–Crippen MR) is 378 cm³/mol. The van der Waals surface area contributed by atoms with Gasteiger partial charge in [0.15, 0.2) is 0 Å². The van der Waals surface area contributed by atoms with Crippen LogP contribution in [0.15, 0.2) is 213 Å². The van der Waals surface area contributed by atoms with E-state index in [2.05, 4.69) is 142 Å². The fourth-order valence-electron chi connectivity index (χ4n) is 14.9. The second-order valence-electron chi connectivity index (χ2n) is 23.5. The number of fused-ring (bicyclic) bond motifs is 8. The maximum absolute atomic E-state index is 12.2. The van der Waals surface area contributed by atoms with Crippen molar-refractivity contribution in [3.8, 4) is 28.7 Å². The van der Waals surface area contributed by atoms with E-state index in [4.69, 9.17) is 64.5 Å². The van der Waals surface area contributed by atoms with Crippen molar-refractivity contribution < 1.29 is 33.5 Å². The van der Waals surface area contributed by atoms with Gasteiger partial charge in [0.1, 0.15) is 34.9 Å².